The van der Waals surface area contributed by atoms with Gasteiger partial charge in [0.05, 0.1) is 46.1 Å². The third-order valence-electron chi connectivity index (χ3n) is 6.32. The van der Waals surface area contributed by atoms with Crippen LogP contribution in [0.3, 0.4) is 0 Å². The maximum atomic E-state index is 13.4. The number of rotatable bonds is 9. The number of methoxy groups -OCH3 is 4. The molecule has 0 saturated carbocycles. The molecule has 184 valence electrons. The van der Waals surface area contributed by atoms with Crippen LogP contribution in [0.4, 0.5) is 5.69 Å². The van der Waals surface area contributed by atoms with E-state index in [0.29, 0.717) is 35.1 Å². The van der Waals surface area contributed by atoms with Gasteiger partial charge in [-0.15, -0.1) is 0 Å². The van der Waals surface area contributed by atoms with Crippen molar-refractivity contribution < 1.29 is 28.5 Å². The number of carbonyl (C=O) groups excluding carboxylic acids is 2. The van der Waals surface area contributed by atoms with E-state index in [1.165, 1.54) is 21.3 Å². The van der Waals surface area contributed by atoms with Gasteiger partial charge in [-0.05, 0) is 37.5 Å². The number of piperidine rings is 1. The SMILES string of the molecule is CC[C@H](C)NC(=O)[C@@H]1CCC(=O)N(c2cc(OC)c(OC)c(OC)c2)[C@@H]1c1ccc(OC)cc1. The molecule has 1 saturated heterocycles. The van der Waals surface area contributed by atoms with Crippen LogP contribution in [-0.2, 0) is 9.59 Å². The number of hydrogen-bond donors (Lipinski definition) is 1. The molecule has 1 aliphatic rings. The fourth-order valence-electron chi connectivity index (χ4n) is 4.31. The van der Waals surface area contributed by atoms with E-state index in [9.17, 15) is 9.59 Å². The molecule has 8 heteroatoms. The largest absolute Gasteiger partial charge is 0.497 e. The highest BCUT2D eigenvalue weighted by Crippen LogP contribution is 2.46. The summed E-state index contributed by atoms with van der Waals surface area (Å²) in [4.78, 5) is 28.4. The van der Waals surface area contributed by atoms with Crippen molar-refractivity contribution in [2.75, 3.05) is 33.3 Å². The first-order valence-electron chi connectivity index (χ1n) is 11.4. The summed E-state index contributed by atoms with van der Waals surface area (Å²) in [6.45, 7) is 4.00. The Morgan fingerprint density at radius 2 is 1.65 bits per heavy atom. The van der Waals surface area contributed by atoms with E-state index in [-0.39, 0.29) is 24.3 Å². The first kappa shape index (κ1) is 25.2. The lowest BCUT2D eigenvalue weighted by Gasteiger charge is -2.41. The second-order valence-corrected chi connectivity index (χ2v) is 8.33. The Morgan fingerprint density at radius 1 is 1.03 bits per heavy atom. The molecule has 0 bridgehead atoms. The Bertz CT molecular complexity index is 982. The topological polar surface area (TPSA) is 86.3 Å². The van der Waals surface area contributed by atoms with Crippen molar-refractivity contribution >= 4 is 17.5 Å². The first-order chi connectivity index (χ1) is 16.4. The zero-order valence-electron chi connectivity index (χ0n) is 20.7. The Kier molecular flexibility index (Phi) is 8.26. The van der Waals surface area contributed by atoms with E-state index in [1.807, 2.05) is 38.1 Å². The van der Waals surface area contributed by atoms with Gasteiger partial charge in [0.15, 0.2) is 11.5 Å². The number of anilines is 1. The Labute approximate surface area is 201 Å². The minimum Gasteiger partial charge on any atom is -0.497 e. The van der Waals surface area contributed by atoms with Crippen molar-refractivity contribution in [3.05, 3.63) is 42.0 Å². The highest BCUT2D eigenvalue weighted by atomic mass is 16.5. The summed E-state index contributed by atoms with van der Waals surface area (Å²) in [6, 6.07) is 10.5. The highest BCUT2D eigenvalue weighted by Gasteiger charge is 2.42. The van der Waals surface area contributed by atoms with Gasteiger partial charge in [-0.1, -0.05) is 19.1 Å². The van der Waals surface area contributed by atoms with Crippen LogP contribution >= 0.6 is 0 Å². The van der Waals surface area contributed by atoms with Crippen LogP contribution in [0.15, 0.2) is 36.4 Å². The van der Waals surface area contributed by atoms with Crippen LogP contribution in [0.1, 0.15) is 44.7 Å². The van der Waals surface area contributed by atoms with Gasteiger partial charge in [0.1, 0.15) is 5.75 Å². The van der Waals surface area contributed by atoms with Crippen LogP contribution in [0.25, 0.3) is 0 Å². The Hall–Kier alpha value is -3.42. The third kappa shape index (κ3) is 5.05. The summed E-state index contributed by atoms with van der Waals surface area (Å²) in [7, 11) is 6.19. The summed E-state index contributed by atoms with van der Waals surface area (Å²) in [5.74, 6) is 1.42. The molecule has 1 heterocycles. The standard InChI is InChI=1S/C26H34N2O6/c1-7-16(2)27-26(30)20-12-13-23(29)28(24(20)17-8-10-19(31-3)11-9-17)18-14-21(32-4)25(34-6)22(15-18)33-5/h8-11,14-16,20,24H,7,12-13H2,1-6H3,(H,27,30)/t16-,20+,24+/m0/s1. The van der Waals surface area contributed by atoms with E-state index in [2.05, 4.69) is 5.32 Å². The van der Waals surface area contributed by atoms with Gasteiger partial charge in [0.25, 0.3) is 0 Å². The summed E-state index contributed by atoms with van der Waals surface area (Å²) >= 11 is 0. The molecule has 0 radical (unpaired) electrons. The Morgan fingerprint density at radius 3 is 2.15 bits per heavy atom. The average molecular weight is 471 g/mol. The molecule has 1 fully saturated rings. The zero-order valence-corrected chi connectivity index (χ0v) is 20.7. The van der Waals surface area contributed by atoms with E-state index in [4.69, 9.17) is 18.9 Å². The number of nitrogens with zero attached hydrogens (tertiary/aromatic N) is 1. The molecule has 2 aromatic carbocycles. The van der Waals surface area contributed by atoms with Crippen molar-refractivity contribution in [2.24, 2.45) is 5.92 Å². The van der Waals surface area contributed by atoms with Gasteiger partial charge in [-0.25, -0.2) is 0 Å². The zero-order chi connectivity index (χ0) is 24.8. The number of nitrogens with one attached hydrogen (secondary N) is 1. The van der Waals surface area contributed by atoms with Crippen LogP contribution in [-0.4, -0.2) is 46.3 Å². The molecule has 34 heavy (non-hydrogen) atoms. The summed E-state index contributed by atoms with van der Waals surface area (Å²) in [6.07, 6.45) is 1.53. The summed E-state index contributed by atoms with van der Waals surface area (Å²) in [5, 5.41) is 3.10. The first-order valence-corrected chi connectivity index (χ1v) is 11.4. The van der Waals surface area contributed by atoms with E-state index >= 15 is 0 Å². The van der Waals surface area contributed by atoms with Gasteiger partial charge < -0.3 is 29.2 Å². The smallest absolute Gasteiger partial charge is 0.227 e. The lowest BCUT2D eigenvalue weighted by Crippen LogP contribution is -2.49. The summed E-state index contributed by atoms with van der Waals surface area (Å²) < 4.78 is 21.8. The molecular formula is C26H34N2O6. The second kappa shape index (κ2) is 11.1. The Balaban J connectivity index is 2.15. The number of benzene rings is 2. The molecule has 0 unspecified atom stereocenters. The van der Waals surface area contributed by atoms with E-state index in [1.54, 1.807) is 24.1 Å². The number of carbonyl (C=O) groups is 2. The van der Waals surface area contributed by atoms with Gasteiger partial charge in [-0.3, -0.25) is 9.59 Å². The summed E-state index contributed by atoms with van der Waals surface area (Å²) in [5.41, 5.74) is 1.41. The molecule has 2 aromatic rings. The quantitative estimate of drug-likeness (QED) is 0.593. The average Bonchev–Trinajstić information content (AvgIpc) is 2.87. The molecule has 3 rings (SSSR count). The maximum Gasteiger partial charge on any atom is 0.227 e. The number of amides is 2. The van der Waals surface area contributed by atoms with Crippen molar-refractivity contribution in [3.8, 4) is 23.0 Å². The third-order valence-corrected chi connectivity index (χ3v) is 6.32. The van der Waals surface area contributed by atoms with Gasteiger partial charge >= 0.3 is 0 Å². The van der Waals surface area contributed by atoms with Crippen molar-refractivity contribution in [3.63, 3.8) is 0 Å². The van der Waals surface area contributed by atoms with Crippen molar-refractivity contribution in [1.29, 1.82) is 0 Å². The van der Waals surface area contributed by atoms with E-state index < -0.39 is 12.0 Å². The number of hydrogen-bond acceptors (Lipinski definition) is 6. The molecule has 2 amide bonds. The molecule has 0 spiro atoms. The molecule has 1 N–H and O–H groups in total. The van der Waals surface area contributed by atoms with Crippen LogP contribution in [0, 0.1) is 5.92 Å². The van der Waals surface area contributed by atoms with Crippen LogP contribution in [0.2, 0.25) is 0 Å². The molecule has 1 aliphatic heterocycles. The fraction of sp³-hybridized carbons (Fsp3) is 0.462. The van der Waals surface area contributed by atoms with E-state index in [0.717, 1.165) is 12.0 Å². The van der Waals surface area contributed by atoms with Crippen molar-refractivity contribution in [2.45, 2.75) is 45.2 Å². The predicted molar refractivity (Wildman–Crippen MR) is 130 cm³/mol. The molecule has 3 atom stereocenters. The van der Waals surface area contributed by atoms with Gasteiger partial charge in [0.2, 0.25) is 17.6 Å². The molecule has 8 nitrogen and oxygen atoms in total. The minimum absolute atomic E-state index is 0.0382. The maximum absolute atomic E-state index is 13.4. The lowest BCUT2D eigenvalue weighted by molar-refractivity contribution is -0.129. The van der Waals surface area contributed by atoms with Crippen molar-refractivity contribution in [1.82, 2.24) is 5.32 Å². The molecule has 0 aliphatic carbocycles. The lowest BCUT2D eigenvalue weighted by atomic mass is 9.83. The number of ether oxygens (including phenoxy) is 4. The monoisotopic (exact) mass is 470 g/mol. The minimum atomic E-state index is -0.515. The normalized spacial score (nSPS) is 18.8. The molecular weight excluding hydrogens is 436 g/mol. The fourth-order valence-corrected chi connectivity index (χ4v) is 4.31. The molecule has 0 aromatic heterocycles. The van der Waals surface area contributed by atoms with Gasteiger partial charge in [-0.2, -0.15) is 0 Å². The van der Waals surface area contributed by atoms with Crippen LogP contribution in [0.5, 0.6) is 23.0 Å². The second-order valence-electron chi connectivity index (χ2n) is 8.33. The highest BCUT2D eigenvalue weighted by molar-refractivity contribution is 5.98. The van der Waals surface area contributed by atoms with Crippen LogP contribution < -0.4 is 29.2 Å². The van der Waals surface area contributed by atoms with Gasteiger partial charge in [0, 0.05) is 24.6 Å². The predicted octanol–water partition coefficient (Wildman–Crippen LogP) is 4.12.